The molecule has 0 aromatic heterocycles. The van der Waals surface area contributed by atoms with Crippen molar-refractivity contribution < 1.29 is 59.2 Å². The van der Waals surface area contributed by atoms with Crippen LogP contribution in [0.15, 0.2) is 64.7 Å². The molecule has 3 aliphatic heterocycles. The van der Waals surface area contributed by atoms with Crippen LogP contribution in [0.25, 0.3) is 0 Å². The molecule has 260 valence electrons. The van der Waals surface area contributed by atoms with E-state index >= 15 is 0 Å². The van der Waals surface area contributed by atoms with Gasteiger partial charge in [-0.05, 0) is 31.3 Å². The number of ether oxygens (including phenoxy) is 4. The lowest BCUT2D eigenvalue weighted by Crippen LogP contribution is -2.60. The first kappa shape index (κ1) is 36.1. The number of aliphatic carboxylic acids is 1. The van der Waals surface area contributed by atoms with E-state index in [-0.39, 0.29) is 48.6 Å². The molecule has 16 nitrogen and oxygen atoms in total. The van der Waals surface area contributed by atoms with Crippen LogP contribution in [0, 0.1) is 11.8 Å². The largest absolute Gasteiger partial charge is 0.478 e. The quantitative estimate of drug-likeness (QED) is 0.0516. The summed E-state index contributed by atoms with van der Waals surface area (Å²) in [5.41, 5.74) is 6.49. The molecular formula is C31H44N4O12. The Bertz CT molecular complexity index is 1300. The minimum absolute atomic E-state index is 0.0441. The van der Waals surface area contributed by atoms with E-state index in [0.717, 1.165) is 25.7 Å². The first-order valence-corrected chi connectivity index (χ1v) is 15.4. The molecule has 2 fully saturated rings. The molecule has 1 saturated carbocycles. The molecule has 47 heavy (non-hydrogen) atoms. The van der Waals surface area contributed by atoms with Crippen LogP contribution in [0.2, 0.25) is 0 Å². The summed E-state index contributed by atoms with van der Waals surface area (Å²) >= 11 is 0. The molecular weight excluding hydrogens is 620 g/mol. The summed E-state index contributed by atoms with van der Waals surface area (Å²) in [6.07, 6.45) is 1.32. The zero-order valence-corrected chi connectivity index (χ0v) is 26.1. The number of β-amino-alcohol motifs (C(OH)–C–C–N with tert-alkyl or cyclic N) is 1. The average molecular weight is 665 g/mol. The minimum Gasteiger partial charge on any atom is -0.478 e. The summed E-state index contributed by atoms with van der Waals surface area (Å²) in [5.74, 6) is -3.59. The fraction of sp³-hybridized carbons (Fsp3) is 0.581. The van der Waals surface area contributed by atoms with Crippen molar-refractivity contribution in [2.75, 3.05) is 33.4 Å². The van der Waals surface area contributed by atoms with Gasteiger partial charge < -0.3 is 65.5 Å². The fourth-order valence-electron chi connectivity index (χ4n) is 5.91. The highest BCUT2D eigenvalue weighted by molar-refractivity contribution is 5.95. The standard InChI is InChI=1S/C31H44N4O12/c1-3-18-19(9-8-16-12-35(10-11-36)13-20(27(41)42)23(16)34-31(32)33-2)21(28(43)45-17-6-4-5-7-17)15-44-29(18)47-30-26(40)25(39)24(38)22(14-37)46-30/h3,8-9,13,15,17-19,22,24-26,29-30,36-40H,1,4-7,10-12,14H2,2H3,(H,41,42)(H3,32,33,34). The van der Waals surface area contributed by atoms with Gasteiger partial charge in [-0.25, -0.2) is 9.59 Å². The van der Waals surface area contributed by atoms with Crippen LogP contribution < -0.4 is 11.1 Å². The van der Waals surface area contributed by atoms with Gasteiger partial charge in [0.1, 0.15) is 30.5 Å². The molecule has 8 atom stereocenters. The molecule has 4 aliphatic rings. The van der Waals surface area contributed by atoms with E-state index < -0.39 is 67.4 Å². The maximum Gasteiger partial charge on any atom is 0.339 e. The van der Waals surface area contributed by atoms with Gasteiger partial charge in [-0.3, -0.25) is 4.99 Å². The van der Waals surface area contributed by atoms with Gasteiger partial charge in [0.15, 0.2) is 12.2 Å². The second-order valence-electron chi connectivity index (χ2n) is 11.6. The average Bonchev–Trinajstić information content (AvgIpc) is 3.57. The van der Waals surface area contributed by atoms with Crippen molar-refractivity contribution in [3.8, 4) is 0 Å². The van der Waals surface area contributed by atoms with Crippen LogP contribution in [0.1, 0.15) is 25.7 Å². The topological polar surface area (TPSA) is 246 Å². The van der Waals surface area contributed by atoms with E-state index in [1.54, 1.807) is 17.1 Å². The molecule has 0 spiro atoms. The highest BCUT2D eigenvalue weighted by atomic mass is 16.8. The highest BCUT2D eigenvalue weighted by Gasteiger charge is 2.47. The van der Waals surface area contributed by atoms with Gasteiger partial charge in [0.05, 0.1) is 42.2 Å². The lowest BCUT2D eigenvalue weighted by Gasteiger charge is -2.42. The van der Waals surface area contributed by atoms with E-state index in [0.29, 0.717) is 5.57 Å². The predicted octanol–water partition coefficient (Wildman–Crippen LogP) is -1.43. The summed E-state index contributed by atoms with van der Waals surface area (Å²) in [6.45, 7) is 3.29. The van der Waals surface area contributed by atoms with Crippen molar-refractivity contribution >= 4 is 17.9 Å². The second-order valence-corrected chi connectivity index (χ2v) is 11.6. The molecule has 16 heteroatoms. The van der Waals surface area contributed by atoms with Crippen molar-refractivity contribution in [2.45, 2.75) is 68.8 Å². The number of nitrogens with two attached hydrogens (primary N) is 1. The van der Waals surface area contributed by atoms with Crippen molar-refractivity contribution in [1.29, 1.82) is 0 Å². The first-order valence-electron chi connectivity index (χ1n) is 15.4. The van der Waals surface area contributed by atoms with Gasteiger partial charge in [-0.2, -0.15) is 0 Å². The van der Waals surface area contributed by atoms with E-state index in [1.807, 2.05) is 0 Å². The lowest BCUT2D eigenvalue weighted by atomic mass is 9.83. The smallest absolute Gasteiger partial charge is 0.339 e. The Morgan fingerprint density at radius 3 is 2.51 bits per heavy atom. The number of aliphatic imine (C=N–C) groups is 1. The Labute approximate surface area is 271 Å². The van der Waals surface area contributed by atoms with Gasteiger partial charge in [0.25, 0.3) is 0 Å². The number of hydrogen-bond donors (Lipinski definition) is 8. The summed E-state index contributed by atoms with van der Waals surface area (Å²) in [7, 11) is 1.43. The second kappa shape index (κ2) is 16.4. The number of aliphatic hydroxyl groups excluding tert-OH is 5. The third-order valence-corrected chi connectivity index (χ3v) is 8.51. The molecule has 0 radical (unpaired) electrons. The van der Waals surface area contributed by atoms with Gasteiger partial charge >= 0.3 is 11.9 Å². The number of guanidine groups is 1. The summed E-state index contributed by atoms with van der Waals surface area (Å²) in [5, 5.41) is 63.0. The van der Waals surface area contributed by atoms with E-state index in [1.165, 1.54) is 25.6 Å². The molecule has 0 amide bonds. The third kappa shape index (κ3) is 8.39. The number of carbonyl (C=O) groups excluding carboxylic acids is 1. The number of nitrogens with zero attached hydrogens (tertiary/aromatic N) is 2. The Hall–Kier alpha value is -3.77. The van der Waals surface area contributed by atoms with Crippen LogP contribution in [0.4, 0.5) is 0 Å². The number of aliphatic hydroxyl groups is 5. The van der Waals surface area contributed by atoms with Crippen LogP contribution in [0.5, 0.6) is 0 Å². The monoisotopic (exact) mass is 664 g/mol. The van der Waals surface area contributed by atoms with Crippen LogP contribution in [-0.4, -0.2) is 130 Å². The van der Waals surface area contributed by atoms with Crippen molar-refractivity contribution in [1.82, 2.24) is 10.2 Å². The molecule has 3 heterocycles. The Morgan fingerprint density at radius 2 is 1.89 bits per heavy atom. The van der Waals surface area contributed by atoms with Crippen molar-refractivity contribution in [3.05, 3.63) is 59.7 Å². The third-order valence-electron chi connectivity index (χ3n) is 8.51. The van der Waals surface area contributed by atoms with Crippen molar-refractivity contribution in [3.63, 3.8) is 0 Å². The molecule has 0 bridgehead atoms. The number of esters is 1. The normalized spacial score (nSPS) is 32.1. The van der Waals surface area contributed by atoms with Gasteiger partial charge in [0.2, 0.25) is 6.29 Å². The van der Waals surface area contributed by atoms with Gasteiger partial charge in [-0.1, -0.05) is 18.2 Å². The number of carbonyl (C=O) groups is 2. The van der Waals surface area contributed by atoms with Crippen molar-refractivity contribution in [2.24, 2.45) is 22.6 Å². The number of nitrogens with one attached hydrogen (secondary N) is 1. The van der Waals surface area contributed by atoms with E-state index in [2.05, 4.69) is 16.9 Å². The number of rotatable bonds is 12. The lowest BCUT2D eigenvalue weighted by molar-refractivity contribution is -0.338. The van der Waals surface area contributed by atoms with E-state index in [9.17, 15) is 40.2 Å². The SMILES string of the molecule is C=CC1C(OC2OC(CO)C(O)C(O)C2O)OC=C(C(=O)OC2CCCC2)C1C=CC1=C(NC(N)=NC)C(C(=O)O)=CN(CCO)C1. The maximum atomic E-state index is 13.5. The molecule has 9 N–H and O–H groups in total. The van der Waals surface area contributed by atoms with Gasteiger partial charge in [-0.15, -0.1) is 6.58 Å². The Balaban J connectivity index is 1.72. The Morgan fingerprint density at radius 1 is 1.17 bits per heavy atom. The van der Waals surface area contributed by atoms with Crippen LogP contribution in [0.3, 0.4) is 0 Å². The number of hydrogen-bond acceptors (Lipinski definition) is 13. The number of allylic oxidation sites excluding steroid dienone is 1. The van der Waals surface area contributed by atoms with Gasteiger partial charge in [0, 0.05) is 32.3 Å². The number of carboxylic acids is 1. The highest BCUT2D eigenvalue weighted by Crippen LogP contribution is 2.37. The molecule has 0 aromatic rings. The van der Waals surface area contributed by atoms with Crippen LogP contribution >= 0.6 is 0 Å². The minimum atomic E-state index is -1.71. The van der Waals surface area contributed by atoms with E-state index in [4.69, 9.17) is 24.7 Å². The predicted molar refractivity (Wildman–Crippen MR) is 165 cm³/mol. The zero-order valence-electron chi connectivity index (χ0n) is 26.1. The summed E-state index contributed by atoms with van der Waals surface area (Å²) < 4.78 is 23.0. The molecule has 8 unspecified atom stereocenters. The fourth-order valence-corrected chi connectivity index (χ4v) is 5.91. The zero-order chi connectivity index (χ0) is 34.2. The Kier molecular flexibility index (Phi) is 12.6. The molecule has 4 rings (SSSR count). The summed E-state index contributed by atoms with van der Waals surface area (Å²) in [6, 6.07) is 0. The molecule has 1 saturated heterocycles. The maximum absolute atomic E-state index is 13.5. The molecule has 0 aromatic carbocycles. The molecule has 1 aliphatic carbocycles. The van der Waals surface area contributed by atoms with Crippen LogP contribution in [-0.2, 0) is 28.5 Å². The first-order chi connectivity index (χ1) is 22.5. The summed E-state index contributed by atoms with van der Waals surface area (Å²) in [4.78, 5) is 31.2. The number of carboxylic acid groups (broad SMARTS) is 1.